The maximum atomic E-state index is 5.84. The second kappa shape index (κ2) is 5.89. The summed E-state index contributed by atoms with van der Waals surface area (Å²) >= 11 is 1.65. The molecule has 1 atom stereocenters. The highest BCUT2D eigenvalue weighted by molar-refractivity contribution is 7.98. The Bertz CT molecular complexity index is 529. The lowest BCUT2D eigenvalue weighted by atomic mass is 10.1. The minimum atomic E-state index is -0.0221. The van der Waals surface area contributed by atoms with Gasteiger partial charge < -0.3 is 10.5 Å². The normalized spacial score (nSPS) is 12.2. The smallest absolute Gasteiger partial charge is 0.219 e. The van der Waals surface area contributed by atoms with Crippen LogP contribution in [0.25, 0.3) is 0 Å². The molecule has 1 unspecified atom stereocenters. The number of rotatable bonds is 4. The van der Waals surface area contributed by atoms with E-state index < -0.39 is 0 Å². The fourth-order valence-electron chi connectivity index (χ4n) is 1.58. The van der Waals surface area contributed by atoms with Crippen molar-refractivity contribution in [1.29, 1.82) is 0 Å². The zero-order valence-electron chi connectivity index (χ0n) is 10.5. The topological polar surface area (TPSA) is 48.1 Å². The van der Waals surface area contributed by atoms with Crippen LogP contribution >= 0.6 is 11.8 Å². The first-order chi connectivity index (χ1) is 8.70. The fourth-order valence-corrected chi connectivity index (χ4v) is 2.11. The molecule has 0 amide bonds. The van der Waals surface area contributed by atoms with Crippen molar-refractivity contribution in [3.63, 3.8) is 0 Å². The summed E-state index contributed by atoms with van der Waals surface area (Å²) < 4.78 is 5.80. The van der Waals surface area contributed by atoms with Crippen LogP contribution < -0.4 is 10.5 Å². The zero-order valence-corrected chi connectivity index (χ0v) is 11.3. The molecule has 3 nitrogen and oxygen atoms in total. The zero-order chi connectivity index (χ0) is 13.0. The predicted molar refractivity (Wildman–Crippen MR) is 75.1 cm³/mol. The van der Waals surface area contributed by atoms with Crippen LogP contribution in [0.2, 0.25) is 0 Å². The van der Waals surface area contributed by atoms with E-state index in [2.05, 4.69) is 4.98 Å². The minimum Gasteiger partial charge on any atom is -0.438 e. The number of benzene rings is 1. The lowest BCUT2D eigenvalue weighted by Gasteiger charge is -2.10. The van der Waals surface area contributed by atoms with Gasteiger partial charge in [0, 0.05) is 23.2 Å². The Morgan fingerprint density at radius 2 is 2.06 bits per heavy atom. The van der Waals surface area contributed by atoms with E-state index in [1.807, 2.05) is 49.6 Å². The van der Waals surface area contributed by atoms with Crippen molar-refractivity contribution in [3.05, 3.63) is 48.2 Å². The van der Waals surface area contributed by atoms with E-state index in [0.29, 0.717) is 5.88 Å². The first-order valence-electron chi connectivity index (χ1n) is 5.73. The molecule has 94 valence electrons. The summed E-state index contributed by atoms with van der Waals surface area (Å²) in [6.07, 6.45) is 3.74. The van der Waals surface area contributed by atoms with Gasteiger partial charge in [-0.2, -0.15) is 0 Å². The third kappa shape index (κ3) is 3.03. The van der Waals surface area contributed by atoms with Gasteiger partial charge in [0.05, 0.1) is 0 Å². The number of hydrogen-bond acceptors (Lipinski definition) is 4. The van der Waals surface area contributed by atoms with E-state index in [-0.39, 0.29) is 6.04 Å². The Morgan fingerprint density at radius 3 is 2.78 bits per heavy atom. The van der Waals surface area contributed by atoms with Crippen molar-refractivity contribution in [1.82, 2.24) is 4.98 Å². The van der Waals surface area contributed by atoms with Crippen LogP contribution in [0.5, 0.6) is 11.6 Å². The Hall–Kier alpha value is -1.52. The summed E-state index contributed by atoms with van der Waals surface area (Å²) in [5.41, 5.74) is 6.86. The Balaban J connectivity index is 2.25. The predicted octanol–water partition coefficient (Wildman–Crippen LogP) is 3.62. The van der Waals surface area contributed by atoms with Gasteiger partial charge in [-0.15, -0.1) is 11.8 Å². The van der Waals surface area contributed by atoms with Gasteiger partial charge >= 0.3 is 0 Å². The molecule has 0 aliphatic rings. The Morgan fingerprint density at radius 1 is 1.28 bits per heavy atom. The molecule has 2 aromatic rings. The number of hydrogen-bond donors (Lipinski definition) is 1. The van der Waals surface area contributed by atoms with Gasteiger partial charge in [0.1, 0.15) is 5.75 Å². The van der Waals surface area contributed by atoms with E-state index in [4.69, 9.17) is 10.5 Å². The van der Waals surface area contributed by atoms with Gasteiger partial charge in [-0.1, -0.05) is 12.1 Å². The van der Waals surface area contributed by atoms with Crippen LogP contribution in [0.3, 0.4) is 0 Å². The molecule has 18 heavy (non-hydrogen) atoms. The number of nitrogens with two attached hydrogens (primary N) is 1. The van der Waals surface area contributed by atoms with Gasteiger partial charge in [-0.25, -0.2) is 4.98 Å². The molecule has 4 heteroatoms. The molecule has 0 saturated carbocycles. The van der Waals surface area contributed by atoms with E-state index in [9.17, 15) is 0 Å². The van der Waals surface area contributed by atoms with Crippen molar-refractivity contribution in [2.24, 2.45) is 5.73 Å². The molecule has 0 saturated heterocycles. The molecule has 0 radical (unpaired) electrons. The molecule has 1 aromatic carbocycles. The maximum absolute atomic E-state index is 5.84. The summed E-state index contributed by atoms with van der Waals surface area (Å²) in [6, 6.07) is 11.7. The first-order valence-corrected chi connectivity index (χ1v) is 6.95. The second-order valence-corrected chi connectivity index (χ2v) is 4.82. The second-order valence-electron chi connectivity index (χ2n) is 3.97. The van der Waals surface area contributed by atoms with E-state index >= 15 is 0 Å². The number of thioether (sulfide) groups is 1. The van der Waals surface area contributed by atoms with Crippen LogP contribution in [0.1, 0.15) is 18.5 Å². The van der Waals surface area contributed by atoms with Crippen LogP contribution in [0.15, 0.2) is 47.5 Å². The van der Waals surface area contributed by atoms with E-state index in [1.54, 1.807) is 18.0 Å². The molecular weight excluding hydrogens is 244 g/mol. The van der Waals surface area contributed by atoms with Gasteiger partial charge in [0.25, 0.3) is 0 Å². The molecular formula is C14H16N2OS. The summed E-state index contributed by atoms with van der Waals surface area (Å²) in [6.45, 7) is 1.94. The van der Waals surface area contributed by atoms with E-state index in [1.165, 1.54) is 0 Å². The Labute approximate surface area is 111 Å². The van der Waals surface area contributed by atoms with Crippen LogP contribution in [0, 0.1) is 0 Å². The lowest BCUT2D eigenvalue weighted by Crippen LogP contribution is -2.05. The Kier molecular flexibility index (Phi) is 4.23. The third-order valence-electron chi connectivity index (χ3n) is 2.57. The molecule has 0 spiro atoms. The molecule has 2 N–H and O–H groups in total. The highest BCUT2D eigenvalue weighted by atomic mass is 32.2. The largest absolute Gasteiger partial charge is 0.438 e. The fraction of sp³-hybridized carbons (Fsp3) is 0.214. The number of para-hydroxylation sites is 1. The van der Waals surface area contributed by atoms with Gasteiger partial charge in [-0.3, -0.25) is 0 Å². The maximum Gasteiger partial charge on any atom is 0.219 e. The number of pyridine rings is 1. The minimum absolute atomic E-state index is 0.0221. The summed E-state index contributed by atoms with van der Waals surface area (Å²) in [7, 11) is 0. The first kappa shape index (κ1) is 12.9. The summed E-state index contributed by atoms with van der Waals surface area (Å²) in [5.74, 6) is 1.39. The van der Waals surface area contributed by atoms with Crippen molar-refractivity contribution in [2.45, 2.75) is 17.9 Å². The van der Waals surface area contributed by atoms with Crippen molar-refractivity contribution >= 4 is 11.8 Å². The van der Waals surface area contributed by atoms with E-state index in [0.717, 1.165) is 16.2 Å². The molecule has 1 aromatic heterocycles. The van der Waals surface area contributed by atoms with Crippen molar-refractivity contribution < 1.29 is 4.74 Å². The average Bonchev–Trinajstić information content (AvgIpc) is 2.39. The standard InChI is InChI=1S/C14H16N2OS/c1-10(15)11-7-8-16-14(9-11)17-12-5-3-4-6-13(12)18-2/h3-10H,15H2,1-2H3. The monoisotopic (exact) mass is 260 g/mol. The van der Waals surface area contributed by atoms with Crippen LogP contribution in [0.4, 0.5) is 0 Å². The van der Waals surface area contributed by atoms with Gasteiger partial charge in [0.15, 0.2) is 0 Å². The number of nitrogens with zero attached hydrogens (tertiary/aromatic N) is 1. The highest BCUT2D eigenvalue weighted by Gasteiger charge is 2.06. The molecule has 0 aliphatic carbocycles. The van der Waals surface area contributed by atoms with Gasteiger partial charge in [-0.05, 0) is 36.9 Å². The van der Waals surface area contributed by atoms with Crippen molar-refractivity contribution in [2.75, 3.05) is 6.26 Å². The average molecular weight is 260 g/mol. The van der Waals surface area contributed by atoms with Crippen molar-refractivity contribution in [3.8, 4) is 11.6 Å². The quantitative estimate of drug-likeness (QED) is 0.853. The summed E-state index contributed by atoms with van der Waals surface area (Å²) in [4.78, 5) is 5.29. The third-order valence-corrected chi connectivity index (χ3v) is 3.35. The molecule has 1 heterocycles. The summed E-state index contributed by atoms with van der Waals surface area (Å²) in [5, 5.41) is 0. The number of ether oxygens (including phenoxy) is 1. The lowest BCUT2D eigenvalue weighted by molar-refractivity contribution is 0.451. The molecule has 2 rings (SSSR count). The molecule has 0 fully saturated rings. The van der Waals surface area contributed by atoms with Crippen LogP contribution in [-0.2, 0) is 0 Å². The molecule has 0 bridgehead atoms. The van der Waals surface area contributed by atoms with Crippen LogP contribution in [-0.4, -0.2) is 11.2 Å². The number of aromatic nitrogens is 1. The highest BCUT2D eigenvalue weighted by Crippen LogP contribution is 2.30. The SMILES string of the molecule is CSc1ccccc1Oc1cc(C(C)N)ccn1. The van der Waals surface area contributed by atoms with Gasteiger partial charge in [0.2, 0.25) is 5.88 Å². The molecule has 0 aliphatic heterocycles.